The van der Waals surface area contributed by atoms with E-state index in [-0.39, 0.29) is 0 Å². The largest absolute Gasteiger partial charge is 0.356 e. The second-order valence-corrected chi connectivity index (χ2v) is 7.35. The van der Waals surface area contributed by atoms with Crippen molar-refractivity contribution in [3.63, 3.8) is 0 Å². The second kappa shape index (κ2) is 9.54. The zero-order valence-electron chi connectivity index (χ0n) is 14.9. The number of guanidine groups is 1. The summed E-state index contributed by atoms with van der Waals surface area (Å²) in [7, 11) is 3.69. The molecule has 0 aliphatic carbocycles. The van der Waals surface area contributed by atoms with Gasteiger partial charge in [-0.15, -0.1) is 0 Å². The van der Waals surface area contributed by atoms with Crippen LogP contribution in [0.5, 0.6) is 0 Å². The summed E-state index contributed by atoms with van der Waals surface area (Å²) in [5.41, 5.74) is 1.02. The summed E-state index contributed by atoms with van der Waals surface area (Å²) in [5, 5.41) is 7.81. The van der Waals surface area contributed by atoms with E-state index in [0.29, 0.717) is 16.7 Å². The third kappa shape index (κ3) is 5.57. The first-order valence-corrected chi connectivity index (χ1v) is 9.43. The Balaban J connectivity index is 1.68. The lowest BCUT2D eigenvalue weighted by Crippen LogP contribution is -2.40. The van der Waals surface area contributed by atoms with E-state index < -0.39 is 0 Å². The minimum atomic E-state index is 0.562. The fourth-order valence-corrected chi connectivity index (χ4v) is 3.57. The number of halogens is 2. The molecule has 2 rings (SSSR count). The van der Waals surface area contributed by atoms with Crippen LogP contribution in [0, 0.1) is 5.92 Å². The van der Waals surface area contributed by atoms with E-state index in [1.165, 1.54) is 25.9 Å². The summed E-state index contributed by atoms with van der Waals surface area (Å²) in [6.07, 6.45) is 3.83. The number of nitrogens with zero attached hydrogens (tertiary/aromatic N) is 3. The summed E-state index contributed by atoms with van der Waals surface area (Å²) < 4.78 is 1.88. The van der Waals surface area contributed by atoms with Gasteiger partial charge in [-0.1, -0.05) is 30.1 Å². The van der Waals surface area contributed by atoms with Crippen molar-refractivity contribution in [3.8, 4) is 0 Å². The predicted octanol–water partition coefficient (Wildman–Crippen LogP) is 3.12. The van der Waals surface area contributed by atoms with Crippen LogP contribution in [-0.4, -0.2) is 48.7 Å². The Bertz CT molecular complexity index is 555. The molecule has 0 aromatic carbocycles. The van der Waals surface area contributed by atoms with Crippen molar-refractivity contribution in [2.75, 3.05) is 33.2 Å². The topological polar surface area (TPSA) is 44.6 Å². The lowest BCUT2D eigenvalue weighted by atomic mass is 10.0. The fraction of sp³-hybridized carbons (Fsp3) is 0.706. The highest BCUT2D eigenvalue weighted by Gasteiger charge is 2.15. The van der Waals surface area contributed by atoms with Gasteiger partial charge in [0.15, 0.2) is 5.96 Å². The highest BCUT2D eigenvalue weighted by molar-refractivity contribution is 6.41. The van der Waals surface area contributed by atoms with Crippen LogP contribution < -0.4 is 10.6 Å². The third-order valence-electron chi connectivity index (χ3n) is 4.56. The van der Waals surface area contributed by atoms with Gasteiger partial charge in [-0.05, 0) is 44.3 Å². The molecule has 5 nitrogen and oxygen atoms in total. The fourth-order valence-electron chi connectivity index (χ4n) is 3.15. The maximum atomic E-state index is 6.09. The van der Waals surface area contributed by atoms with Gasteiger partial charge in [0.25, 0.3) is 0 Å². The standard InChI is InChI=1S/C17H29Cl2N5/c1-13-6-4-8-24(12-13)9-5-7-21-17(20-2)22-11-14-10-15(18)16(19)23(14)3/h10,13H,4-9,11-12H2,1-3H3,(H2,20,21,22). The molecule has 0 radical (unpaired) electrons. The van der Waals surface area contributed by atoms with E-state index in [9.17, 15) is 0 Å². The Kier molecular flexibility index (Phi) is 7.72. The van der Waals surface area contributed by atoms with Crippen LogP contribution >= 0.6 is 23.2 Å². The van der Waals surface area contributed by atoms with Gasteiger partial charge >= 0.3 is 0 Å². The molecule has 7 heteroatoms. The molecule has 1 unspecified atom stereocenters. The summed E-state index contributed by atoms with van der Waals surface area (Å²) in [6, 6.07) is 1.88. The molecule has 2 N–H and O–H groups in total. The molecule has 0 spiro atoms. The quantitative estimate of drug-likeness (QED) is 0.457. The van der Waals surface area contributed by atoms with Gasteiger partial charge in [0.05, 0.1) is 11.6 Å². The highest BCUT2D eigenvalue weighted by atomic mass is 35.5. The molecule has 1 aliphatic heterocycles. The van der Waals surface area contributed by atoms with E-state index in [2.05, 4.69) is 27.4 Å². The van der Waals surface area contributed by atoms with E-state index in [0.717, 1.165) is 37.1 Å². The van der Waals surface area contributed by atoms with Crippen molar-refractivity contribution in [3.05, 3.63) is 21.9 Å². The number of aromatic nitrogens is 1. The normalized spacial score (nSPS) is 19.5. The Morgan fingerprint density at radius 2 is 2.17 bits per heavy atom. The van der Waals surface area contributed by atoms with Crippen LogP contribution in [0.2, 0.25) is 10.2 Å². The van der Waals surface area contributed by atoms with E-state index >= 15 is 0 Å². The first-order chi connectivity index (χ1) is 11.5. The molecular formula is C17H29Cl2N5. The molecule has 1 saturated heterocycles. The predicted molar refractivity (Wildman–Crippen MR) is 103 cm³/mol. The van der Waals surface area contributed by atoms with Gasteiger partial charge in [0.2, 0.25) is 0 Å². The summed E-state index contributed by atoms with van der Waals surface area (Å²) in [4.78, 5) is 6.83. The number of nitrogens with one attached hydrogen (secondary N) is 2. The van der Waals surface area contributed by atoms with Gasteiger partial charge in [0, 0.05) is 32.9 Å². The Labute approximate surface area is 155 Å². The molecule has 24 heavy (non-hydrogen) atoms. The van der Waals surface area contributed by atoms with Crippen LogP contribution in [0.4, 0.5) is 0 Å². The summed E-state index contributed by atoms with van der Waals surface area (Å²) in [5.74, 6) is 1.64. The third-order valence-corrected chi connectivity index (χ3v) is 5.40. The van der Waals surface area contributed by atoms with E-state index in [4.69, 9.17) is 23.2 Å². The zero-order valence-corrected chi connectivity index (χ0v) is 16.4. The second-order valence-electron chi connectivity index (χ2n) is 6.59. The number of likely N-dealkylation sites (tertiary alicyclic amines) is 1. The molecule has 1 aromatic heterocycles. The van der Waals surface area contributed by atoms with Crippen molar-refractivity contribution in [1.82, 2.24) is 20.1 Å². The number of aliphatic imine (C=N–C) groups is 1. The minimum absolute atomic E-state index is 0.562. The zero-order chi connectivity index (χ0) is 17.5. The number of hydrogen-bond donors (Lipinski definition) is 2. The van der Waals surface area contributed by atoms with Crippen molar-refractivity contribution in [2.24, 2.45) is 18.0 Å². The Hall–Kier alpha value is -0.910. The number of rotatable bonds is 6. The highest BCUT2D eigenvalue weighted by Crippen LogP contribution is 2.24. The van der Waals surface area contributed by atoms with Gasteiger partial charge in [-0.2, -0.15) is 0 Å². The first kappa shape index (κ1) is 19.4. The Morgan fingerprint density at radius 1 is 1.38 bits per heavy atom. The molecular weight excluding hydrogens is 345 g/mol. The van der Waals surface area contributed by atoms with E-state index in [1.807, 2.05) is 17.7 Å². The van der Waals surface area contributed by atoms with Crippen LogP contribution in [0.3, 0.4) is 0 Å². The van der Waals surface area contributed by atoms with Gasteiger partial charge in [-0.3, -0.25) is 4.99 Å². The average molecular weight is 374 g/mol. The van der Waals surface area contributed by atoms with Crippen LogP contribution in [-0.2, 0) is 13.6 Å². The number of piperidine rings is 1. The first-order valence-electron chi connectivity index (χ1n) is 8.67. The van der Waals surface area contributed by atoms with Crippen molar-refractivity contribution < 1.29 is 0 Å². The van der Waals surface area contributed by atoms with E-state index in [1.54, 1.807) is 7.05 Å². The van der Waals surface area contributed by atoms with Crippen molar-refractivity contribution in [1.29, 1.82) is 0 Å². The molecule has 1 fully saturated rings. The molecule has 1 aliphatic rings. The molecule has 0 saturated carbocycles. The lowest BCUT2D eigenvalue weighted by molar-refractivity contribution is 0.182. The van der Waals surface area contributed by atoms with Gasteiger partial charge in [0.1, 0.15) is 5.15 Å². The number of hydrogen-bond acceptors (Lipinski definition) is 2. The molecule has 0 bridgehead atoms. The van der Waals surface area contributed by atoms with Crippen molar-refractivity contribution >= 4 is 29.2 Å². The Morgan fingerprint density at radius 3 is 2.79 bits per heavy atom. The van der Waals surface area contributed by atoms with Crippen LogP contribution in [0.25, 0.3) is 0 Å². The summed E-state index contributed by atoms with van der Waals surface area (Å²) in [6.45, 7) is 7.52. The smallest absolute Gasteiger partial charge is 0.191 e. The SMILES string of the molecule is CN=C(NCCCN1CCCC(C)C1)NCc1cc(Cl)c(Cl)n1C. The average Bonchev–Trinajstić information content (AvgIpc) is 2.81. The minimum Gasteiger partial charge on any atom is -0.356 e. The maximum Gasteiger partial charge on any atom is 0.191 e. The molecule has 136 valence electrons. The monoisotopic (exact) mass is 373 g/mol. The van der Waals surface area contributed by atoms with Crippen LogP contribution in [0.1, 0.15) is 31.9 Å². The summed E-state index contributed by atoms with van der Waals surface area (Å²) >= 11 is 12.1. The maximum absolute atomic E-state index is 6.09. The lowest BCUT2D eigenvalue weighted by Gasteiger charge is -2.30. The molecule has 2 heterocycles. The molecule has 0 amide bonds. The van der Waals surface area contributed by atoms with Gasteiger partial charge < -0.3 is 20.1 Å². The molecule has 1 aromatic rings. The van der Waals surface area contributed by atoms with Gasteiger partial charge in [-0.25, -0.2) is 0 Å². The van der Waals surface area contributed by atoms with Crippen molar-refractivity contribution in [2.45, 2.75) is 32.7 Å². The van der Waals surface area contributed by atoms with Crippen LogP contribution in [0.15, 0.2) is 11.1 Å². The molecule has 1 atom stereocenters.